The van der Waals surface area contributed by atoms with Crippen LogP contribution in [-0.2, 0) is 35.6 Å². The van der Waals surface area contributed by atoms with Gasteiger partial charge in [-0.25, -0.2) is 8.42 Å². The van der Waals surface area contributed by atoms with Crippen LogP contribution in [0.5, 0.6) is 5.75 Å². The first-order valence-electron chi connectivity index (χ1n) is 15.3. The van der Waals surface area contributed by atoms with Crippen molar-refractivity contribution in [3.8, 4) is 5.75 Å². The zero-order chi connectivity index (χ0) is 32.4. The molecule has 2 saturated heterocycles. The van der Waals surface area contributed by atoms with Gasteiger partial charge in [0.2, 0.25) is 15.9 Å². The quantitative estimate of drug-likeness (QED) is 0.295. The van der Waals surface area contributed by atoms with E-state index < -0.39 is 22.0 Å². The van der Waals surface area contributed by atoms with Gasteiger partial charge >= 0.3 is 0 Å². The minimum absolute atomic E-state index is 0.131. The van der Waals surface area contributed by atoms with E-state index in [1.165, 1.54) is 33.5 Å². The number of carbonyl (C=O) groups excluding carboxylic acids is 2. The van der Waals surface area contributed by atoms with E-state index in [-0.39, 0.29) is 24.0 Å². The van der Waals surface area contributed by atoms with Gasteiger partial charge in [0.05, 0.1) is 31.3 Å². The molecule has 2 heterocycles. The number of nitrogens with zero attached hydrogens (tertiary/aromatic N) is 3. The summed E-state index contributed by atoms with van der Waals surface area (Å²) in [7, 11) is -3.67. The third-order valence-corrected chi connectivity index (χ3v) is 10.1. The molecule has 0 saturated carbocycles. The predicted octanol–water partition coefficient (Wildman–Crippen LogP) is 2.96. The summed E-state index contributed by atoms with van der Waals surface area (Å²) >= 11 is 6.12. The van der Waals surface area contributed by atoms with Gasteiger partial charge in [-0.2, -0.15) is 4.31 Å². The molecule has 1 N–H and O–H groups in total. The van der Waals surface area contributed by atoms with E-state index in [9.17, 15) is 18.0 Å². The topological polar surface area (TPSA) is 118 Å². The summed E-state index contributed by atoms with van der Waals surface area (Å²) in [4.78, 5) is 31.6. The van der Waals surface area contributed by atoms with Crippen LogP contribution in [0.1, 0.15) is 17.2 Å². The highest BCUT2D eigenvalue weighted by Gasteiger charge is 2.32. The average molecular weight is 671 g/mol. The summed E-state index contributed by atoms with van der Waals surface area (Å²) in [6.45, 7) is 5.07. The molecule has 3 aromatic rings. The number of amides is 2. The average Bonchev–Trinajstić information content (AvgIpc) is 3.09. The molecular weight excluding hydrogens is 632 g/mol. The number of hydrogen-bond acceptors (Lipinski definition) is 8. The fraction of sp³-hybridized carbons (Fsp3) is 0.394. The number of halogens is 1. The summed E-state index contributed by atoms with van der Waals surface area (Å²) in [5, 5.41) is 3.59. The van der Waals surface area contributed by atoms with E-state index in [1.54, 1.807) is 12.1 Å². The van der Waals surface area contributed by atoms with Gasteiger partial charge in [0.1, 0.15) is 11.8 Å². The van der Waals surface area contributed by atoms with E-state index in [2.05, 4.69) is 10.2 Å². The molecule has 13 heteroatoms. The molecule has 2 aliphatic heterocycles. The smallest absolute Gasteiger partial charge is 0.261 e. The molecule has 0 unspecified atom stereocenters. The highest BCUT2D eigenvalue weighted by molar-refractivity contribution is 7.89. The lowest BCUT2D eigenvalue weighted by Crippen LogP contribution is -2.47. The Morgan fingerprint density at radius 3 is 2.15 bits per heavy atom. The second-order valence-corrected chi connectivity index (χ2v) is 13.4. The van der Waals surface area contributed by atoms with Crippen LogP contribution in [-0.4, -0.2) is 107 Å². The van der Waals surface area contributed by atoms with E-state index in [1.807, 2.05) is 42.5 Å². The van der Waals surface area contributed by atoms with Gasteiger partial charge < -0.3 is 24.4 Å². The van der Waals surface area contributed by atoms with Crippen LogP contribution in [0.4, 0.5) is 0 Å². The van der Waals surface area contributed by atoms with Crippen molar-refractivity contribution in [2.75, 3.05) is 72.3 Å². The first-order valence-corrected chi connectivity index (χ1v) is 17.1. The Bertz CT molecular complexity index is 1530. The molecule has 0 bridgehead atoms. The molecule has 5 rings (SSSR count). The summed E-state index contributed by atoms with van der Waals surface area (Å²) in [6.07, 6.45) is 0. The summed E-state index contributed by atoms with van der Waals surface area (Å²) in [5.41, 5.74) is 1.45. The third kappa shape index (κ3) is 9.05. The number of ether oxygens (including phenoxy) is 3. The number of sulfonamides is 1. The van der Waals surface area contributed by atoms with Gasteiger partial charge in [0.25, 0.3) is 5.91 Å². The Kier molecular flexibility index (Phi) is 12.0. The van der Waals surface area contributed by atoms with Crippen LogP contribution in [0.2, 0.25) is 5.02 Å². The van der Waals surface area contributed by atoms with Crippen molar-refractivity contribution in [3.63, 3.8) is 0 Å². The fourth-order valence-corrected chi connectivity index (χ4v) is 6.88. The standard InChI is InChI=1S/C33H39ClN4O7S/c34-28-8-6-26(7-9-28)24-38(32(27-4-2-1-3-5-27)33(40)35-14-15-36-16-20-43-21-17-36)31(39)25-45-29-10-12-30(13-11-29)46(41,42)37-18-22-44-23-19-37/h1-13,32H,14-25H2,(H,35,40)/t32-/m1/s1. The number of benzene rings is 3. The third-order valence-electron chi connectivity index (χ3n) is 7.89. The van der Waals surface area contributed by atoms with Crippen LogP contribution in [0, 0.1) is 0 Å². The van der Waals surface area contributed by atoms with Crippen molar-refractivity contribution in [1.82, 2.24) is 19.4 Å². The Balaban J connectivity index is 1.32. The molecule has 0 aliphatic carbocycles. The Hall–Kier alpha value is -3.52. The van der Waals surface area contributed by atoms with Crippen molar-refractivity contribution in [2.45, 2.75) is 17.5 Å². The molecule has 2 aliphatic rings. The van der Waals surface area contributed by atoms with Crippen molar-refractivity contribution < 1.29 is 32.2 Å². The summed E-state index contributed by atoms with van der Waals surface area (Å²) in [5.74, 6) is -0.400. The van der Waals surface area contributed by atoms with Crippen molar-refractivity contribution in [3.05, 3.63) is 95.0 Å². The lowest BCUT2D eigenvalue weighted by molar-refractivity contribution is -0.143. The zero-order valence-corrected chi connectivity index (χ0v) is 27.1. The van der Waals surface area contributed by atoms with Crippen LogP contribution in [0.15, 0.2) is 83.8 Å². The van der Waals surface area contributed by atoms with E-state index in [4.69, 9.17) is 25.8 Å². The maximum Gasteiger partial charge on any atom is 0.261 e. The minimum atomic E-state index is -3.67. The van der Waals surface area contributed by atoms with Crippen LogP contribution < -0.4 is 10.1 Å². The molecule has 2 amide bonds. The number of carbonyl (C=O) groups is 2. The number of rotatable bonds is 13. The molecule has 0 spiro atoms. The van der Waals surface area contributed by atoms with Gasteiger partial charge in [-0.1, -0.05) is 54.1 Å². The van der Waals surface area contributed by atoms with Gasteiger partial charge in [0, 0.05) is 50.8 Å². The lowest BCUT2D eigenvalue weighted by Gasteiger charge is -2.32. The molecular formula is C33H39ClN4O7S. The zero-order valence-electron chi connectivity index (χ0n) is 25.6. The molecule has 11 nitrogen and oxygen atoms in total. The van der Waals surface area contributed by atoms with Crippen molar-refractivity contribution >= 4 is 33.4 Å². The number of morpholine rings is 2. The van der Waals surface area contributed by atoms with Gasteiger partial charge in [-0.15, -0.1) is 0 Å². The van der Waals surface area contributed by atoms with Gasteiger partial charge in [0.15, 0.2) is 6.61 Å². The van der Waals surface area contributed by atoms with Crippen molar-refractivity contribution in [1.29, 1.82) is 0 Å². The number of nitrogens with one attached hydrogen (secondary N) is 1. The normalized spacial score (nSPS) is 16.8. The van der Waals surface area contributed by atoms with E-state index in [0.29, 0.717) is 68.9 Å². The summed E-state index contributed by atoms with van der Waals surface area (Å²) < 4.78 is 43.9. The maximum atomic E-state index is 13.9. The van der Waals surface area contributed by atoms with Crippen LogP contribution in [0.3, 0.4) is 0 Å². The Labute approximate surface area is 275 Å². The Morgan fingerprint density at radius 1 is 0.870 bits per heavy atom. The summed E-state index contributed by atoms with van der Waals surface area (Å²) in [6, 6.07) is 21.3. The number of hydrogen-bond donors (Lipinski definition) is 1. The molecule has 0 aromatic heterocycles. The largest absolute Gasteiger partial charge is 0.484 e. The highest BCUT2D eigenvalue weighted by atomic mass is 35.5. The molecule has 246 valence electrons. The first kappa shape index (κ1) is 33.8. The van der Waals surface area contributed by atoms with E-state index in [0.717, 1.165) is 18.7 Å². The van der Waals surface area contributed by atoms with Gasteiger partial charge in [-0.3, -0.25) is 14.5 Å². The maximum absolute atomic E-state index is 13.9. The van der Waals surface area contributed by atoms with Crippen LogP contribution >= 0.6 is 11.6 Å². The van der Waals surface area contributed by atoms with E-state index >= 15 is 0 Å². The van der Waals surface area contributed by atoms with Gasteiger partial charge in [-0.05, 0) is 47.5 Å². The molecule has 1 atom stereocenters. The molecule has 2 fully saturated rings. The second-order valence-electron chi connectivity index (χ2n) is 11.0. The molecule has 3 aromatic carbocycles. The van der Waals surface area contributed by atoms with Crippen LogP contribution in [0.25, 0.3) is 0 Å². The highest BCUT2D eigenvalue weighted by Crippen LogP contribution is 2.26. The lowest BCUT2D eigenvalue weighted by atomic mass is 10.0. The monoisotopic (exact) mass is 670 g/mol. The molecule has 46 heavy (non-hydrogen) atoms. The second kappa shape index (κ2) is 16.3. The molecule has 0 radical (unpaired) electrons. The SMILES string of the molecule is O=C(NCCN1CCOCC1)[C@@H](c1ccccc1)N(Cc1ccc(Cl)cc1)C(=O)COc1ccc(S(=O)(=O)N2CCOCC2)cc1. The minimum Gasteiger partial charge on any atom is -0.484 e. The van der Waals surface area contributed by atoms with Crippen molar-refractivity contribution in [2.24, 2.45) is 0 Å². The fourth-order valence-electron chi connectivity index (χ4n) is 5.35. The predicted molar refractivity (Wildman–Crippen MR) is 173 cm³/mol. The Morgan fingerprint density at radius 2 is 1.50 bits per heavy atom. The first-order chi connectivity index (χ1) is 22.3.